The maximum Gasteiger partial charge on any atom is 0.416 e. The Hall–Kier alpha value is -4.98. The molecule has 1 N–H and O–H groups in total. The van der Waals surface area contributed by atoms with Gasteiger partial charge in [-0.2, -0.15) is 18.2 Å². The number of rotatable bonds is 9. The minimum absolute atomic E-state index is 0.0222. The van der Waals surface area contributed by atoms with E-state index in [1.54, 1.807) is 10.6 Å². The summed E-state index contributed by atoms with van der Waals surface area (Å²) in [5, 5.41) is 9.43. The van der Waals surface area contributed by atoms with E-state index in [4.69, 9.17) is 9.47 Å². The number of carboxylic acids is 1. The minimum Gasteiger partial charge on any atom is -0.478 e. The van der Waals surface area contributed by atoms with Gasteiger partial charge < -0.3 is 19.1 Å². The van der Waals surface area contributed by atoms with Gasteiger partial charge in [0.25, 0.3) is 0 Å². The molecule has 5 aromatic rings. The number of fused-ring (bicyclic) bond motifs is 1. The fourth-order valence-corrected chi connectivity index (χ4v) is 4.89. The molecule has 232 valence electrons. The number of hydrogen-bond donors (Lipinski definition) is 1. The second-order valence-electron chi connectivity index (χ2n) is 10.3. The molecule has 0 saturated carbocycles. The lowest BCUT2D eigenvalue weighted by Crippen LogP contribution is -2.31. The average Bonchev–Trinajstić information content (AvgIpc) is 3.31. The van der Waals surface area contributed by atoms with E-state index >= 15 is 8.78 Å². The molecule has 1 saturated heterocycles. The third kappa shape index (κ3) is 6.32. The number of aromatic carboxylic acids is 1. The molecule has 2 aromatic heterocycles. The van der Waals surface area contributed by atoms with Crippen LogP contribution in [-0.4, -0.2) is 43.3 Å². The van der Waals surface area contributed by atoms with Crippen LogP contribution in [0.25, 0.3) is 22.4 Å². The summed E-state index contributed by atoms with van der Waals surface area (Å²) in [5.74, 6) is -3.86. The summed E-state index contributed by atoms with van der Waals surface area (Å²) in [5.41, 5.74) is -0.546. The van der Waals surface area contributed by atoms with E-state index in [1.807, 2.05) is 0 Å². The molecule has 3 aromatic carbocycles. The number of imidazole rings is 1. The first kappa shape index (κ1) is 30.1. The zero-order valence-corrected chi connectivity index (χ0v) is 23.1. The largest absolute Gasteiger partial charge is 0.478 e. The van der Waals surface area contributed by atoms with Gasteiger partial charge in [0.1, 0.15) is 29.9 Å². The van der Waals surface area contributed by atoms with Crippen LogP contribution in [-0.2, 0) is 30.5 Å². The lowest BCUT2D eigenvalue weighted by Gasteiger charge is -2.27. The second kappa shape index (κ2) is 11.8. The third-order valence-electron chi connectivity index (χ3n) is 7.37. The van der Waals surface area contributed by atoms with Gasteiger partial charge in [-0.3, -0.25) is 0 Å². The van der Waals surface area contributed by atoms with Crippen molar-refractivity contribution in [2.24, 2.45) is 0 Å². The molecule has 14 heteroatoms. The van der Waals surface area contributed by atoms with Gasteiger partial charge in [0.15, 0.2) is 5.82 Å². The Morgan fingerprint density at radius 2 is 1.76 bits per heavy atom. The van der Waals surface area contributed by atoms with E-state index in [-0.39, 0.29) is 46.5 Å². The molecule has 0 aliphatic carbocycles. The lowest BCUT2D eigenvalue weighted by atomic mass is 10.1. The van der Waals surface area contributed by atoms with Crippen LogP contribution in [0.4, 0.5) is 26.3 Å². The van der Waals surface area contributed by atoms with Crippen molar-refractivity contribution in [3.8, 4) is 17.3 Å². The van der Waals surface area contributed by atoms with Gasteiger partial charge in [0.05, 0.1) is 40.4 Å². The number of halogens is 6. The molecule has 0 spiro atoms. The van der Waals surface area contributed by atoms with Crippen molar-refractivity contribution in [1.82, 2.24) is 19.5 Å². The van der Waals surface area contributed by atoms with E-state index in [1.165, 1.54) is 24.4 Å². The molecule has 8 nitrogen and oxygen atoms in total. The van der Waals surface area contributed by atoms with Crippen molar-refractivity contribution in [3.63, 3.8) is 0 Å². The fourth-order valence-electron chi connectivity index (χ4n) is 4.89. The third-order valence-corrected chi connectivity index (χ3v) is 7.37. The molecule has 0 bridgehead atoms. The fraction of sp³-hybridized carbons (Fsp3) is 0.226. The highest BCUT2D eigenvalue weighted by atomic mass is 19.4. The van der Waals surface area contributed by atoms with Gasteiger partial charge >= 0.3 is 12.1 Å². The van der Waals surface area contributed by atoms with E-state index in [2.05, 4.69) is 15.0 Å². The maximum atomic E-state index is 15.4. The van der Waals surface area contributed by atoms with Crippen LogP contribution >= 0.6 is 0 Å². The molecule has 0 amide bonds. The summed E-state index contributed by atoms with van der Waals surface area (Å²) in [6.45, 7) is 0.472. The highest BCUT2D eigenvalue weighted by Gasteiger charge is 2.31. The van der Waals surface area contributed by atoms with Crippen molar-refractivity contribution < 1.29 is 45.7 Å². The summed E-state index contributed by atoms with van der Waals surface area (Å²) in [7, 11) is 0. The minimum atomic E-state index is -4.71. The lowest BCUT2D eigenvalue weighted by molar-refractivity contribution is -0.137. The van der Waals surface area contributed by atoms with Crippen LogP contribution < -0.4 is 4.74 Å². The zero-order chi connectivity index (χ0) is 31.9. The molecule has 3 heterocycles. The topological polar surface area (TPSA) is 99.4 Å². The quantitative estimate of drug-likeness (QED) is 0.184. The van der Waals surface area contributed by atoms with Gasteiger partial charge in [0.2, 0.25) is 5.88 Å². The van der Waals surface area contributed by atoms with Gasteiger partial charge in [-0.1, -0.05) is 6.07 Å². The predicted molar refractivity (Wildman–Crippen MR) is 147 cm³/mol. The molecule has 1 aliphatic heterocycles. The molecule has 1 atom stereocenters. The molecule has 1 fully saturated rings. The van der Waals surface area contributed by atoms with Crippen LogP contribution in [0.3, 0.4) is 0 Å². The Morgan fingerprint density at radius 3 is 2.44 bits per heavy atom. The molecule has 0 unspecified atom stereocenters. The predicted octanol–water partition coefficient (Wildman–Crippen LogP) is 6.59. The highest BCUT2D eigenvalue weighted by molar-refractivity contribution is 5.92. The molecule has 45 heavy (non-hydrogen) atoms. The summed E-state index contributed by atoms with van der Waals surface area (Å²) < 4.78 is 96.1. The van der Waals surface area contributed by atoms with Crippen molar-refractivity contribution in [2.75, 3.05) is 6.61 Å². The molecule has 1 aliphatic rings. The Balaban J connectivity index is 1.24. The van der Waals surface area contributed by atoms with Gasteiger partial charge in [0, 0.05) is 30.9 Å². The van der Waals surface area contributed by atoms with Gasteiger partial charge in [-0.15, -0.1) is 0 Å². The molecular weight excluding hydrogens is 606 g/mol. The Morgan fingerprint density at radius 1 is 0.978 bits per heavy atom. The smallest absolute Gasteiger partial charge is 0.416 e. The number of carboxylic acid groups (broad SMARTS) is 1. The van der Waals surface area contributed by atoms with Crippen molar-refractivity contribution >= 4 is 17.0 Å². The normalized spacial score (nSPS) is 14.8. The first-order valence-corrected chi connectivity index (χ1v) is 13.6. The van der Waals surface area contributed by atoms with E-state index in [0.717, 1.165) is 30.7 Å². The number of hydrogen-bond acceptors (Lipinski definition) is 6. The Kier molecular flexibility index (Phi) is 7.91. The number of nitrogens with zero attached hydrogens (tertiary/aromatic N) is 4. The Bertz CT molecular complexity index is 1920. The number of ether oxygens (including phenoxy) is 2. The van der Waals surface area contributed by atoms with Crippen LogP contribution in [0.15, 0.2) is 60.8 Å². The second-order valence-corrected chi connectivity index (χ2v) is 10.3. The summed E-state index contributed by atoms with van der Waals surface area (Å²) in [6.07, 6.45) is -2.95. The van der Waals surface area contributed by atoms with E-state index in [0.29, 0.717) is 36.1 Å². The van der Waals surface area contributed by atoms with Crippen LogP contribution in [0.2, 0.25) is 0 Å². The van der Waals surface area contributed by atoms with E-state index < -0.39 is 41.8 Å². The standard InChI is InChI=1S/C31H22F6N4O4/c32-22-12-19(31(35,36)37)3-1-17(22)15-45-28-5-7-38-29(40-28)21-13-23(33)18(9-24(21)34)11-27-39-25-4-2-16(30(42)43)10-26(25)41(27)14-20-6-8-44-20/h1-5,7,9-10,12-13,20H,6,8,11,14-15H2,(H,42,43)/t20-/m0/s1. The monoisotopic (exact) mass is 628 g/mol. The molecular formula is C31H22F6N4O4. The van der Waals surface area contributed by atoms with Crippen molar-refractivity contribution in [1.29, 1.82) is 0 Å². The highest BCUT2D eigenvalue weighted by Crippen LogP contribution is 2.31. The van der Waals surface area contributed by atoms with Crippen LogP contribution in [0.5, 0.6) is 5.88 Å². The molecule has 6 rings (SSSR count). The molecule has 0 radical (unpaired) electrons. The first-order chi connectivity index (χ1) is 21.5. The SMILES string of the molecule is O=C(O)c1ccc2nc(Cc3cc(F)c(-c4nccc(OCc5ccc(C(F)(F)F)cc5F)n4)cc3F)n(C[C@@H]3CCO3)c2c1. The first-order valence-electron chi connectivity index (χ1n) is 13.6. The number of aromatic nitrogens is 4. The van der Waals surface area contributed by atoms with Gasteiger partial charge in [-0.25, -0.2) is 27.9 Å². The zero-order valence-electron chi connectivity index (χ0n) is 23.1. The van der Waals surface area contributed by atoms with Crippen molar-refractivity contribution in [2.45, 2.75) is 38.3 Å². The van der Waals surface area contributed by atoms with E-state index in [9.17, 15) is 27.5 Å². The maximum absolute atomic E-state index is 15.4. The number of benzene rings is 3. The van der Waals surface area contributed by atoms with Crippen LogP contribution in [0, 0.1) is 17.5 Å². The van der Waals surface area contributed by atoms with Crippen LogP contribution in [0.1, 0.15) is 39.3 Å². The number of carbonyl (C=O) groups is 1. The summed E-state index contributed by atoms with van der Waals surface area (Å²) in [4.78, 5) is 24.1. The summed E-state index contributed by atoms with van der Waals surface area (Å²) in [6, 6.07) is 9.65. The van der Waals surface area contributed by atoms with Gasteiger partial charge in [-0.05, 0) is 54.4 Å². The Labute approximate surface area is 250 Å². The number of alkyl halides is 3. The van der Waals surface area contributed by atoms with Crippen molar-refractivity contribution in [3.05, 3.63) is 106 Å². The average molecular weight is 629 g/mol. The summed E-state index contributed by atoms with van der Waals surface area (Å²) >= 11 is 0.